The predicted molar refractivity (Wildman–Crippen MR) is 67.8 cm³/mol. The van der Waals surface area contributed by atoms with Crippen molar-refractivity contribution in [2.24, 2.45) is 0 Å². The minimum atomic E-state index is -0.115. The van der Waals surface area contributed by atoms with E-state index in [2.05, 4.69) is 26.6 Å². The van der Waals surface area contributed by atoms with Crippen LogP contribution < -0.4 is 10.6 Å². The number of rotatable bonds is 4. The van der Waals surface area contributed by atoms with Gasteiger partial charge in [0.15, 0.2) is 0 Å². The van der Waals surface area contributed by atoms with E-state index >= 15 is 0 Å². The van der Waals surface area contributed by atoms with Gasteiger partial charge >= 0.3 is 0 Å². The molecular weight excluding hydrogens is 272 g/mol. The van der Waals surface area contributed by atoms with E-state index in [1.807, 2.05) is 0 Å². The van der Waals surface area contributed by atoms with Gasteiger partial charge in [0.05, 0.1) is 0 Å². The lowest BCUT2D eigenvalue weighted by Crippen LogP contribution is -2.11. The van der Waals surface area contributed by atoms with Crippen LogP contribution in [0.4, 0.5) is 11.4 Å². The van der Waals surface area contributed by atoms with Crippen LogP contribution in [0.15, 0.2) is 24.3 Å². The molecule has 0 aliphatic carbocycles. The van der Waals surface area contributed by atoms with E-state index in [9.17, 15) is 9.59 Å². The third kappa shape index (κ3) is 4.44. The quantitative estimate of drug-likeness (QED) is 0.834. The SMILES string of the molecule is CC(=O)Nc1ccc(NC(=O)CCBr)cc1. The molecule has 1 aromatic rings. The molecule has 0 saturated heterocycles. The molecule has 86 valence electrons. The zero-order valence-corrected chi connectivity index (χ0v) is 10.5. The number of halogens is 1. The fourth-order valence-corrected chi connectivity index (χ4v) is 1.51. The van der Waals surface area contributed by atoms with E-state index in [1.54, 1.807) is 24.3 Å². The van der Waals surface area contributed by atoms with Gasteiger partial charge in [-0.05, 0) is 24.3 Å². The summed E-state index contributed by atoms with van der Waals surface area (Å²) < 4.78 is 0. The van der Waals surface area contributed by atoms with Gasteiger partial charge in [-0.25, -0.2) is 0 Å². The standard InChI is InChI=1S/C11H13BrN2O2/c1-8(15)13-9-2-4-10(5-3-9)14-11(16)6-7-12/h2-5H,6-7H2,1H3,(H,13,15)(H,14,16). The molecule has 0 unspecified atom stereocenters. The van der Waals surface area contributed by atoms with E-state index in [4.69, 9.17) is 0 Å². The fourth-order valence-electron chi connectivity index (χ4n) is 1.15. The third-order valence-corrected chi connectivity index (χ3v) is 2.21. The molecule has 4 nitrogen and oxygen atoms in total. The van der Waals surface area contributed by atoms with E-state index in [1.165, 1.54) is 6.92 Å². The van der Waals surface area contributed by atoms with Crippen LogP contribution in [0.25, 0.3) is 0 Å². The number of nitrogens with one attached hydrogen (secondary N) is 2. The zero-order valence-electron chi connectivity index (χ0n) is 8.92. The Kier molecular flexibility index (Phi) is 4.98. The summed E-state index contributed by atoms with van der Waals surface area (Å²) in [6.45, 7) is 1.45. The molecule has 2 N–H and O–H groups in total. The van der Waals surface area contributed by atoms with Gasteiger partial charge in [0.2, 0.25) is 11.8 Å². The monoisotopic (exact) mass is 284 g/mol. The molecule has 0 aliphatic rings. The minimum absolute atomic E-state index is 0.0378. The molecule has 0 spiro atoms. The van der Waals surface area contributed by atoms with E-state index in [-0.39, 0.29) is 11.8 Å². The summed E-state index contributed by atoms with van der Waals surface area (Å²) in [5.41, 5.74) is 1.44. The highest BCUT2D eigenvalue weighted by molar-refractivity contribution is 9.09. The zero-order chi connectivity index (χ0) is 12.0. The second kappa shape index (κ2) is 6.27. The average Bonchev–Trinajstić information content (AvgIpc) is 2.20. The summed E-state index contributed by atoms with van der Waals surface area (Å²) in [4.78, 5) is 22.0. The lowest BCUT2D eigenvalue weighted by atomic mass is 10.2. The average molecular weight is 285 g/mol. The molecule has 0 saturated carbocycles. The first-order valence-corrected chi connectivity index (χ1v) is 5.97. The Morgan fingerprint density at radius 3 is 2.06 bits per heavy atom. The summed E-state index contributed by atoms with van der Waals surface area (Å²) in [5, 5.41) is 6.03. The van der Waals surface area contributed by atoms with Crippen molar-refractivity contribution in [2.45, 2.75) is 13.3 Å². The number of anilines is 2. The van der Waals surface area contributed by atoms with Crippen molar-refractivity contribution in [3.63, 3.8) is 0 Å². The molecule has 0 atom stereocenters. The van der Waals surface area contributed by atoms with E-state index in [0.29, 0.717) is 17.4 Å². The van der Waals surface area contributed by atoms with Gasteiger partial charge in [0.1, 0.15) is 0 Å². The van der Waals surface area contributed by atoms with Crippen molar-refractivity contribution in [1.82, 2.24) is 0 Å². The Bertz CT molecular complexity index is 376. The molecule has 2 amide bonds. The molecular formula is C11H13BrN2O2. The van der Waals surface area contributed by atoms with Crippen LogP contribution in [0.1, 0.15) is 13.3 Å². The Hall–Kier alpha value is -1.36. The maximum atomic E-state index is 11.3. The van der Waals surface area contributed by atoms with Crippen LogP contribution >= 0.6 is 15.9 Å². The Morgan fingerprint density at radius 2 is 1.62 bits per heavy atom. The Balaban J connectivity index is 2.57. The second-order valence-corrected chi connectivity index (χ2v) is 4.04. The van der Waals surface area contributed by atoms with Gasteiger partial charge in [-0.1, -0.05) is 15.9 Å². The number of hydrogen-bond donors (Lipinski definition) is 2. The molecule has 1 rings (SSSR count). The van der Waals surface area contributed by atoms with Crippen molar-refractivity contribution in [1.29, 1.82) is 0 Å². The smallest absolute Gasteiger partial charge is 0.225 e. The molecule has 0 bridgehead atoms. The fraction of sp³-hybridized carbons (Fsp3) is 0.273. The van der Waals surface area contributed by atoms with Gasteiger partial charge in [-0.3, -0.25) is 9.59 Å². The van der Waals surface area contributed by atoms with Gasteiger partial charge in [0, 0.05) is 30.0 Å². The maximum absolute atomic E-state index is 11.3. The first-order valence-electron chi connectivity index (χ1n) is 4.85. The molecule has 0 aliphatic heterocycles. The summed E-state index contributed by atoms with van der Waals surface area (Å²) in [5.74, 6) is -0.153. The normalized spacial score (nSPS) is 9.62. The van der Waals surface area contributed by atoms with E-state index < -0.39 is 0 Å². The van der Waals surface area contributed by atoms with Crippen LogP contribution in [0.2, 0.25) is 0 Å². The van der Waals surface area contributed by atoms with Crippen LogP contribution in [0.5, 0.6) is 0 Å². The Morgan fingerprint density at radius 1 is 1.12 bits per heavy atom. The summed E-state index contributed by atoms with van der Waals surface area (Å²) in [6.07, 6.45) is 0.438. The highest BCUT2D eigenvalue weighted by atomic mass is 79.9. The van der Waals surface area contributed by atoms with Crippen LogP contribution in [0.3, 0.4) is 0 Å². The number of amides is 2. The number of benzene rings is 1. The first kappa shape index (κ1) is 12.7. The molecule has 0 heterocycles. The summed E-state index contributed by atoms with van der Waals surface area (Å²) in [6, 6.07) is 6.98. The van der Waals surface area contributed by atoms with Gasteiger partial charge in [-0.15, -0.1) is 0 Å². The van der Waals surface area contributed by atoms with Crippen molar-refractivity contribution < 1.29 is 9.59 Å². The first-order chi connectivity index (χ1) is 7.61. The van der Waals surface area contributed by atoms with Crippen LogP contribution in [-0.2, 0) is 9.59 Å². The molecule has 0 radical (unpaired) electrons. The second-order valence-electron chi connectivity index (χ2n) is 3.25. The lowest BCUT2D eigenvalue weighted by Gasteiger charge is -2.05. The molecule has 16 heavy (non-hydrogen) atoms. The van der Waals surface area contributed by atoms with Crippen LogP contribution in [0, 0.1) is 0 Å². The highest BCUT2D eigenvalue weighted by Crippen LogP contribution is 2.13. The predicted octanol–water partition coefficient (Wildman–Crippen LogP) is 2.37. The topological polar surface area (TPSA) is 58.2 Å². The van der Waals surface area contributed by atoms with Crippen LogP contribution in [-0.4, -0.2) is 17.1 Å². The van der Waals surface area contributed by atoms with Crippen molar-refractivity contribution >= 4 is 39.1 Å². The molecule has 0 aromatic heterocycles. The van der Waals surface area contributed by atoms with Crippen molar-refractivity contribution in [2.75, 3.05) is 16.0 Å². The Labute approximate surface area is 103 Å². The molecule has 5 heteroatoms. The number of hydrogen-bond acceptors (Lipinski definition) is 2. The number of alkyl halides is 1. The molecule has 0 fully saturated rings. The highest BCUT2D eigenvalue weighted by Gasteiger charge is 2.01. The van der Waals surface area contributed by atoms with Crippen molar-refractivity contribution in [3.8, 4) is 0 Å². The lowest BCUT2D eigenvalue weighted by molar-refractivity contribution is -0.116. The third-order valence-electron chi connectivity index (χ3n) is 1.81. The number of carbonyl (C=O) groups is 2. The van der Waals surface area contributed by atoms with Gasteiger partial charge in [0.25, 0.3) is 0 Å². The molecule has 1 aromatic carbocycles. The number of carbonyl (C=O) groups excluding carboxylic acids is 2. The maximum Gasteiger partial charge on any atom is 0.225 e. The van der Waals surface area contributed by atoms with E-state index in [0.717, 1.165) is 5.69 Å². The largest absolute Gasteiger partial charge is 0.326 e. The van der Waals surface area contributed by atoms with Crippen molar-refractivity contribution in [3.05, 3.63) is 24.3 Å². The van der Waals surface area contributed by atoms with Gasteiger partial charge in [-0.2, -0.15) is 0 Å². The van der Waals surface area contributed by atoms with Gasteiger partial charge < -0.3 is 10.6 Å². The summed E-state index contributed by atoms with van der Waals surface area (Å²) >= 11 is 3.19. The summed E-state index contributed by atoms with van der Waals surface area (Å²) in [7, 11) is 0. The minimum Gasteiger partial charge on any atom is -0.326 e.